The number of aryl methyl sites for hydroxylation is 1. The maximum Gasteiger partial charge on any atom is 0.222 e. The Balaban J connectivity index is 2.04. The fourth-order valence-corrected chi connectivity index (χ4v) is 3.17. The Hall–Kier alpha value is -1.85. The van der Waals surface area contributed by atoms with Crippen LogP contribution in [0.15, 0.2) is 30.3 Å². The summed E-state index contributed by atoms with van der Waals surface area (Å²) in [5, 5.41) is 0.736. The predicted octanol–water partition coefficient (Wildman–Crippen LogP) is 3.38. The van der Waals surface area contributed by atoms with Crippen LogP contribution in [0.4, 0.5) is 11.8 Å². The summed E-state index contributed by atoms with van der Waals surface area (Å²) in [4.78, 5) is 10.8. The molecule has 5 nitrogen and oxygen atoms in total. The third-order valence-electron chi connectivity index (χ3n) is 4.11. The number of halogens is 1. The van der Waals surface area contributed by atoms with E-state index in [1.54, 1.807) is 0 Å². The monoisotopic (exact) mass is 332 g/mol. The molecule has 2 heterocycles. The minimum atomic E-state index is 0.00218. The van der Waals surface area contributed by atoms with Crippen LogP contribution in [-0.4, -0.2) is 29.2 Å². The summed E-state index contributed by atoms with van der Waals surface area (Å²) >= 11 is 6.42. The Morgan fingerprint density at radius 3 is 2.83 bits per heavy atom. The molecule has 122 valence electrons. The molecule has 1 aromatic carbocycles. The van der Waals surface area contributed by atoms with Crippen molar-refractivity contribution in [2.45, 2.75) is 32.4 Å². The number of benzene rings is 1. The molecule has 23 heavy (non-hydrogen) atoms. The van der Waals surface area contributed by atoms with Crippen LogP contribution in [0.2, 0.25) is 5.02 Å². The highest BCUT2D eigenvalue weighted by Gasteiger charge is 2.28. The minimum Gasteiger partial charge on any atom is -0.376 e. The zero-order chi connectivity index (χ0) is 16.4. The van der Waals surface area contributed by atoms with Gasteiger partial charge in [-0.25, -0.2) is 4.98 Å². The number of aromatic nitrogens is 2. The molecule has 2 N–H and O–H groups in total. The largest absolute Gasteiger partial charge is 0.376 e. The van der Waals surface area contributed by atoms with Gasteiger partial charge in [0.15, 0.2) is 0 Å². The van der Waals surface area contributed by atoms with E-state index in [2.05, 4.69) is 21.8 Å². The first-order valence-electron chi connectivity index (χ1n) is 7.78. The Morgan fingerprint density at radius 2 is 2.09 bits per heavy atom. The number of nitrogen functional groups attached to an aromatic ring is 1. The topological polar surface area (TPSA) is 64.3 Å². The zero-order valence-corrected chi connectivity index (χ0v) is 14.1. The molecule has 2 atom stereocenters. The van der Waals surface area contributed by atoms with Crippen molar-refractivity contribution in [3.63, 3.8) is 0 Å². The fourth-order valence-electron chi connectivity index (χ4n) is 2.90. The number of rotatable bonds is 2. The maximum absolute atomic E-state index is 6.42. The summed E-state index contributed by atoms with van der Waals surface area (Å²) in [6.45, 7) is 5.40. The lowest BCUT2D eigenvalue weighted by molar-refractivity contribution is 0.0658. The van der Waals surface area contributed by atoms with Crippen molar-refractivity contribution in [3.8, 4) is 0 Å². The molecule has 0 saturated carbocycles. The molecule has 1 aromatic heterocycles. The SMILES string of the molecule is Cc1cc(N2CCC(C)OCC2c2ccccc2Cl)nc(N)n1. The number of nitrogens with two attached hydrogens (primary N) is 1. The van der Waals surface area contributed by atoms with E-state index in [9.17, 15) is 0 Å². The number of anilines is 2. The smallest absolute Gasteiger partial charge is 0.222 e. The van der Waals surface area contributed by atoms with Crippen molar-refractivity contribution in [1.82, 2.24) is 9.97 Å². The average molecular weight is 333 g/mol. The highest BCUT2D eigenvalue weighted by Crippen LogP contribution is 2.33. The summed E-state index contributed by atoms with van der Waals surface area (Å²) in [7, 11) is 0. The Morgan fingerprint density at radius 1 is 1.30 bits per heavy atom. The van der Waals surface area contributed by atoms with Crippen molar-refractivity contribution in [3.05, 3.63) is 46.6 Å². The predicted molar refractivity (Wildman–Crippen MR) is 92.8 cm³/mol. The number of ether oxygens (including phenoxy) is 1. The molecule has 2 aromatic rings. The van der Waals surface area contributed by atoms with Gasteiger partial charge in [0, 0.05) is 23.3 Å². The quantitative estimate of drug-likeness (QED) is 0.913. The Kier molecular flexibility index (Phi) is 4.68. The standard InChI is InChI=1S/C17H21ClN4O/c1-11-9-16(21-17(19)20-11)22-8-7-12(2)23-10-15(22)13-5-3-4-6-14(13)18/h3-6,9,12,15H,7-8,10H2,1-2H3,(H2,19,20,21). The third kappa shape index (κ3) is 3.57. The molecule has 0 aliphatic carbocycles. The second kappa shape index (κ2) is 6.72. The molecule has 1 fully saturated rings. The van der Waals surface area contributed by atoms with Gasteiger partial charge in [-0.3, -0.25) is 0 Å². The van der Waals surface area contributed by atoms with Crippen molar-refractivity contribution >= 4 is 23.4 Å². The molecule has 0 radical (unpaired) electrons. The average Bonchev–Trinajstić information content (AvgIpc) is 2.69. The van der Waals surface area contributed by atoms with Gasteiger partial charge < -0.3 is 15.4 Å². The molecule has 1 aliphatic rings. The van der Waals surface area contributed by atoms with E-state index in [0.29, 0.717) is 6.61 Å². The van der Waals surface area contributed by atoms with Gasteiger partial charge >= 0.3 is 0 Å². The zero-order valence-electron chi connectivity index (χ0n) is 13.4. The second-order valence-electron chi connectivity index (χ2n) is 5.89. The molecule has 2 unspecified atom stereocenters. The van der Waals surface area contributed by atoms with E-state index in [0.717, 1.165) is 35.1 Å². The van der Waals surface area contributed by atoms with E-state index in [4.69, 9.17) is 22.1 Å². The highest BCUT2D eigenvalue weighted by molar-refractivity contribution is 6.31. The first kappa shape index (κ1) is 16.0. The van der Waals surface area contributed by atoms with E-state index >= 15 is 0 Å². The lowest BCUT2D eigenvalue weighted by Crippen LogP contribution is -2.32. The maximum atomic E-state index is 6.42. The third-order valence-corrected chi connectivity index (χ3v) is 4.45. The van der Waals surface area contributed by atoms with Crippen LogP contribution in [0, 0.1) is 6.92 Å². The van der Waals surface area contributed by atoms with Crippen molar-refractivity contribution in [2.75, 3.05) is 23.8 Å². The van der Waals surface area contributed by atoms with Crippen LogP contribution < -0.4 is 10.6 Å². The van der Waals surface area contributed by atoms with Crippen molar-refractivity contribution in [2.24, 2.45) is 0 Å². The number of hydrogen-bond acceptors (Lipinski definition) is 5. The van der Waals surface area contributed by atoms with Crippen LogP contribution in [-0.2, 0) is 4.74 Å². The first-order valence-corrected chi connectivity index (χ1v) is 8.16. The van der Waals surface area contributed by atoms with E-state index in [1.807, 2.05) is 37.3 Å². The van der Waals surface area contributed by atoms with Gasteiger partial charge in [0.25, 0.3) is 0 Å². The van der Waals surface area contributed by atoms with Gasteiger partial charge in [-0.2, -0.15) is 4.98 Å². The van der Waals surface area contributed by atoms with Gasteiger partial charge in [-0.15, -0.1) is 0 Å². The Labute approximate surface area is 141 Å². The molecule has 3 rings (SSSR count). The first-order chi connectivity index (χ1) is 11.0. The van der Waals surface area contributed by atoms with Gasteiger partial charge in [0.2, 0.25) is 5.95 Å². The van der Waals surface area contributed by atoms with Gasteiger partial charge in [0.1, 0.15) is 5.82 Å². The lowest BCUT2D eigenvalue weighted by atomic mass is 10.1. The molecule has 0 bridgehead atoms. The number of nitrogens with zero attached hydrogens (tertiary/aromatic N) is 3. The molecule has 0 spiro atoms. The van der Waals surface area contributed by atoms with Crippen LogP contribution >= 0.6 is 11.6 Å². The molecule has 6 heteroatoms. The van der Waals surface area contributed by atoms with Gasteiger partial charge in [-0.05, 0) is 31.9 Å². The normalized spacial score (nSPS) is 22.0. The van der Waals surface area contributed by atoms with E-state index in [1.165, 1.54) is 0 Å². The van der Waals surface area contributed by atoms with Crippen molar-refractivity contribution < 1.29 is 4.74 Å². The molecular weight excluding hydrogens is 312 g/mol. The highest BCUT2D eigenvalue weighted by atomic mass is 35.5. The molecule has 0 amide bonds. The molecule has 1 saturated heterocycles. The fraction of sp³-hybridized carbons (Fsp3) is 0.412. The van der Waals surface area contributed by atoms with Gasteiger partial charge in [0.05, 0.1) is 18.8 Å². The van der Waals surface area contributed by atoms with Crippen molar-refractivity contribution in [1.29, 1.82) is 0 Å². The van der Waals surface area contributed by atoms with Crippen LogP contribution in [0.25, 0.3) is 0 Å². The summed E-state index contributed by atoms with van der Waals surface area (Å²) in [5.74, 6) is 1.11. The second-order valence-corrected chi connectivity index (χ2v) is 6.30. The summed E-state index contributed by atoms with van der Waals surface area (Å²) in [6.07, 6.45) is 1.12. The summed E-state index contributed by atoms with van der Waals surface area (Å²) < 4.78 is 5.96. The molecular formula is C17H21ClN4O. The van der Waals surface area contributed by atoms with Crippen LogP contribution in [0.1, 0.15) is 30.6 Å². The minimum absolute atomic E-state index is 0.00218. The summed E-state index contributed by atoms with van der Waals surface area (Å²) in [5.41, 5.74) is 7.73. The Bertz CT molecular complexity index is 674. The molecule has 1 aliphatic heterocycles. The van der Waals surface area contributed by atoms with Crippen LogP contribution in [0.3, 0.4) is 0 Å². The van der Waals surface area contributed by atoms with E-state index in [-0.39, 0.29) is 18.1 Å². The number of hydrogen-bond donors (Lipinski definition) is 1. The summed E-state index contributed by atoms with van der Waals surface area (Å²) in [6, 6.07) is 9.83. The van der Waals surface area contributed by atoms with Crippen LogP contribution in [0.5, 0.6) is 0 Å². The van der Waals surface area contributed by atoms with E-state index < -0.39 is 0 Å². The van der Waals surface area contributed by atoms with Gasteiger partial charge in [-0.1, -0.05) is 29.8 Å². The lowest BCUT2D eigenvalue weighted by Gasteiger charge is -2.31.